The van der Waals surface area contributed by atoms with E-state index < -0.39 is 0 Å². The van der Waals surface area contributed by atoms with Crippen molar-refractivity contribution in [1.82, 2.24) is 0 Å². The number of hydrogen-bond acceptors (Lipinski definition) is 1. The Hall–Kier alpha value is -1.83. The Bertz CT molecular complexity index is 448. The molecule has 0 aromatic heterocycles. The van der Waals surface area contributed by atoms with Crippen LogP contribution in [0.5, 0.6) is 5.75 Å². The molecule has 0 spiro atoms. The third-order valence-corrected chi connectivity index (χ3v) is 2.30. The molecule has 0 radical (unpaired) electrons. The number of benzene rings is 2. The summed E-state index contributed by atoms with van der Waals surface area (Å²) in [4.78, 5) is 0. The normalized spacial score (nSPS) is 10.2. The van der Waals surface area contributed by atoms with Crippen LogP contribution < -0.4 is 0 Å². The summed E-state index contributed by atoms with van der Waals surface area (Å²) >= 11 is 0. The molecule has 0 aliphatic heterocycles. The average molecular weight is 202 g/mol. The van der Waals surface area contributed by atoms with E-state index in [2.05, 4.69) is 0 Å². The average Bonchev–Trinajstić information content (AvgIpc) is 2.25. The number of aromatic hydroxyl groups is 1. The molecule has 0 saturated carbocycles. The summed E-state index contributed by atoms with van der Waals surface area (Å²) < 4.78 is 12.7. The van der Waals surface area contributed by atoms with Gasteiger partial charge in [-0.15, -0.1) is 0 Å². The summed E-state index contributed by atoms with van der Waals surface area (Å²) in [6, 6.07) is 13.5. The van der Waals surface area contributed by atoms with Crippen molar-refractivity contribution in [2.45, 2.75) is 6.42 Å². The Morgan fingerprint density at radius 3 is 2.27 bits per heavy atom. The second-order valence-electron chi connectivity index (χ2n) is 3.43. The van der Waals surface area contributed by atoms with Gasteiger partial charge in [0.05, 0.1) is 0 Å². The lowest BCUT2D eigenvalue weighted by atomic mass is 10.0. The van der Waals surface area contributed by atoms with Gasteiger partial charge in [-0.05, 0) is 29.3 Å². The Morgan fingerprint density at radius 1 is 0.933 bits per heavy atom. The van der Waals surface area contributed by atoms with Crippen LogP contribution in [0.4, 0.5) is 4.39 Å². The molecule has 1 N–H and O–H groups in total. The maximum atomic E-state index is 12.7. The van der Waals surface area contributed by atoms with Crippen LogP contribution in [0.3, 0.4) is 0 Å². The van der Waals surface area contributed by atoms with Gasteiger partial charge in [0.2, 0.25) is 0 Å². The number of phenols is 1. The van der Waals surface area contributed by atoms with Crippen molar-refractivity contribution in [1.29, 1.82) is 0 Å². The maximum Gasteiger partial charge on any atom is 0.123 e. The largest absolute Gasteiger partial charge is 0.508 e. The van der Waals surface area contributed by atoms with Gasteiger partial charge in [0.1, 0.15) is 11.6 Å². The minimum Gasteiger partial charge on any atom is -0.508 e. The van der Waals surface area contributed by atoms with Crippen LogP contribution in [0, 0.1) is 5.82 Å². The van der Waals surface area contributed by atoms with Gasteiger partial charge >= 0.3 is 0 Å². The van der Waals surface area contributed by atoms with Gasteiger partial charge in [-0.2, -0.15) is 0 Å². The monoisotopic (exact) mass is 202 g/mol. The molecule has 2 aromatic carbocycles. The van der Waals surface area contributed by atoms with E-state index in [1.165, 1.54) is 12.1 Å². The van der Waals surface area contributed by atoms with Gasteiger partial charge in [-0.3, -0.25) is 0 Å². The van der Waals surface area contributed by atoms with Crippen molar-refractivity contribution >= 4 is 0 Å². The number of phenolic OH excluding ortho intramolecular Hbond substituents is 1. The van der Waals surface area contributed by atoms with E-state index in [0.717, 1.165) is 11.1 Å². The predicted molar refractivity (Wildman–Crippen MR) is 57.3 cm³/mol. The summed E-state index contributed by atoms with van der Waals surface area (Å²) in [7, 11) is 0. The molecule has 15 heavy (non-hydrogen) atoms. The van der Waals surface area contributed by atoms with Gasteiger partial charge in [0, 0.05) is 6.42 Å². The molecular weight excluding hydrogens is 191 g/mol. The molecule has 0 saturated heterocycles. The van der Waals surface area contributed by atoms with Crippen LogP contribution in [0.15, 0.2) is 48.5 Å². The molecule has 0 heterocycles. The summed E-state index contributed by atoms with van der Waals surface area (Å²) in [5, 5.41) is 9.55. The predicted octanol–water partition coefficient (Wildman–Crippen LogP) is 3.12. The molecule has 0 aliphatic rings. The molecule has 0 unspecified atom stereocenters. The van der Waals surface area contributed by atoms with Crippen LogP contribution >= 0.6 is 0 Å². The van der Waals surface area contributed by atoms with E-state index in [9.17, 15) is 9.50 Å². The fourth-order valence-corrected chi connectivity index (χ4v) is 1.48. The van der Waals surface area contributed by atoms with E-state index in [-0.39, 0.29) is 11.6 Å². The standard InChI is InChI=1S/C13H11FO/c14-12-7-5-10(6-8-12)9-11-3-1-2-4-13(11)15/h1-8,15H,9H2. The lowest BCUT2D eigenvalue weighted by Gasteiger charge is -2.03. The quantitative estimate of drug-likeness (QED) is 0.793. The minimum atomic E-state index is -0.240. The lowest BCUT2D eigenvalue weighted by Crippen LogP contribution is -1.88. The van der Waals surface area contributed by atoms with Crippen LogP contribution in [0.2, 0.25) is 0 Å². The number of hydrogen-bond donors (Lipinski definition) is 1. The molecule has 0 fully saturated rings. The van der Waals surface area contributed by atoms with E-state index in [4.69, 9.17) is 0 Å². The molecule has 2 aromatic rings. The van der Waals surface area contributed by atoms with E-state index in [1.54, 1.807) is 24.3 Å². The highest BCUT2D eigenvalue weighted by molar-refractivity contribution is 5.36. The number of rotatable bonds is 2. The zero-order valence-electron chi connectivity index (χ0n) is 8.15. The Kier molecular flexibility index (Phi) is 2.68. The Morgan fingerprint density at radius 2 is 1.60 bits per heavy atom. The fourth-order valence-electron chi connectivity index (χ4n) is 1.48. The molecule has 0 aliphatic carbocycles. The van der Waals surface area contributed by atoms with Gasteiger partial charge in [0.25, 0.3) is 0 Å². The van der Waals surface area contributed by atoms with Crippen molar-refractivity contribution in [2.24, 2.45) is 0 Å². The van der Waals surface area contributed by atoms with E-state index in [0.29, 0.717) is 6.42 Å². The zero-order chi connectivity index (χ0) is 10.7. The summed E-state index contributed by atoms with van der Waals surface area (Å²) in [6.45, 7) is 0. The molecule has 0 amide bonds. The molecular formula is C13H11FO. The summed E-state index contributed by atoms with van der Waals surface area (Å²) in [5.74, 6) is 0.0397. The Labute approximate surface area is 87.8 Å². The van der Waals surface area contributed by atoms with Crippen LogP contribution in [-0.4, -0.2) is 5.11 Å². The summed E-state index contributed by atoms with van der Waals surface area (Å²) in [5.41, 5.74) is 1.84. The van der Waals surface area contributed by atoms with Crippen LogP contribution in [-0.2, 0) is 6.42 Å². The highest BCUT2D eigenvalue weighted by Gasteiger charge is 2.01. The third-order valence-electron chi connectivity index (χ3n) is 2.30. The Balaban J connectivity index is 2.22. The van der Waals surface area contributed by atoms with Gasteiger partial charge < -0.3 is 5.11 Å². The fraction of sp³-hybridized carbons (Fsp3) is 0.0769. The second-order valence-corrected chi connectivity index (χ2v) is 3.43. The first-order valence-electron chi connectivity index (χ1n) is 4.77. The third kappa shape index (κ3) is 2.34. The molecule has 76 valence electrons. The lowest BCUT2D eigenvalue weighted by molar-refractivity contribution is 0.469. The van der Waals surface area contributed by atoms with E-state index in [1.807, 2.05) is 12.1 Å². The molecule has 2 rings (SSSR count). The number of para-hydroxylation sites is 1. The highest BCUT2D eigenvalue weighted by atomic mass is 19.1. The highest BCUT2D eigenvalue weighted by Crippen LogP contribution is 2.19. The second kappa shape index (κ2) is 4.13. The smallest absolute Gasteiger partial charge is 0.123 e. The topological polar surface area (TPSA) is 20.2 Å². The van der Waals surface area contributed by atoms with Crippen molar-refractivity contribution in [3.05, 3.63) is 65.5 Å². The first kappa shape index (κ1) is 9.71. The molecule has 1 nitrogen and oxygen atoms in total. The van der Waals surface area contributed by atoms with Gasteiger partial charge in [0.15, 0.2) is 0 Å². The van der Waals surface area contributed by atoms with Crippen molar-refractivity contribution in [3.8, 4) is 5.75 Å². The SMILES string of the molecule is Oc1ccccc1Cc1ccc(F)cc1. The van der Waals surface area contributed by atoms with Gasteiger partial charge in [-0.25, -0.2) is 4.39 Å². The van der Waals surface area contributed by atoms with Crippen molar-refractivity contribution in [3.63, 3.8) is 0 Å². The van der Waals surface area contributed by atoms with E-state index >= 15 is 0 Å². The minimum absolute atomic E-state index is 0.240. The first-order chi connectivity index (χ1) is 7.25. The molecule has 2 heteroatoms. The summed E-state index contributed by atoms with van der Waals surface area (Å²) in [6.07, 6.45) is 0.618. The van der Waals surface area contributed by atoms with Crippen LogP contribution in [0.25, 0.3) is 0 Å². The molecule has 0 bridgehead atoms. The van der Waals surface area contributed by atoms with Gasteiger partial charge in [-0.1, -0.05) is 30.3 Å². The molecule has 0 atom stereocenters. The first-order valence-corrected chi connectivity index (χ1v) is 4.77. The maximum absolute atomic E-state index is 12.7. The zero-order valence-corrected chi connectivity index (χ0v) is 8.15. The van der Waals surface area contributed by atoms with Crippen LogP contribution in [0.1, 0.15) is 11.1 Å². The number of halogens is 1. The van der Waals surface area contributed by atoms with Crippen molar-refractivity contribution < 1.29 is 9.50 Å². The van der Waals surface area contributed by atoms with Crippen molar-refractivity contribution in [2.75, 3.05) is 0 Å².